The molecule has 0 fully saturated rings. The Labute approximate surface area is 208 Å². The quantitative estimate of drug-likeness (QED) is 0.213. The lowest BCUT2D eigenvalue weighted by atomic mass is 9.76. The molecule has 9 nitrogen and oxygen atoms in total. The van der Waals surface area contributed by atoms with Crippen molar-refractivity contribution in [3.05, 3.63) is 95.8 Å². The van der Waals surface area contributed by atoms with Gasteiger partial charge in [0.1, 0.15) is 11.7 Å². The van der Waals surface area contributed by atoms with Crippen LogP contribution in [0.5, 0.6) is 0 Å². The molecule has 0 saturated carbocycles. The fourth-order valence-corrected chi connectivity index (χ4v) is 3.79. The second-order valence-corrected chi connectivity index (χ2v) is 8.12. The summed E-state index contributed by atoms with van der Waals surface area (Å²) in [6.07, 6.45) is 7.17. The molecular formula is C26H24BN5O4. The molecule has 2 amide bonds. The monoisotopic (exact) mass is 481 g/mol. The normalized spacial score (nSPS) is 12.1. The van der Waals surface area contributed by atoms with Gasteiger partial charge in [0.05, 0.1) is 17.8 Å². The van der Waals surface area contributed by atoms with Crippen molar-refractivity contribution in [1.29, 1.82) is 5.26 Å². The molecule has 0 aliphatic heterocycles. The molecule has 0 aliphatic rings. The number of rotatable bonds is 9. The van der Waals surface area contributed by atoms with Crippen LogP contribution in [-0.4, -0.2) is 45.7 Å². The first-order valence-corrected chi connectivity index (χ1v) is 11.4. The molecule has 180 valence electrons. The molecule has 4 rings (SSSR count). The summed E-state index contributed by atoms with van der Waals surface area (Å²) in [4.78, 5) is 20.6. The maximum absolute atomic E-state index is 12.4. The fraction of sp³-hybridized carbons (Fsp3) is 0.154. The zero-order valence-corrected chi connectivity index (χ0v) is 19.3. The van der Waals surface area contributed by atoms with Crippen LogP contribution in [-0.2, 0) is 12.8 Å². The van der Waals surface area contributed by atoms with E-state index in [1.165, 1.54) is 0 Å². The van der Waals surface area contributed by atoms with Crippen LogP contribution in [0.25, 0.3) is 22.6 Å². The first-order chi connectivity index (χ1) is 17.5. The van der Waals surface area contributed by atoms with E-state index < -0.39 is 19.1 Å². The number of amides is 2. The summed E-state index contributed by atoms with van der Waals surface area (Å²) in [5.41, 5.74) is 3.59. The molecule has 10 heteroatoms. The molecule has 1 unspecified atom stereocenters. The highest BCUT2D eigenvalue weighted by molar-refractivity contribution is 6.43. The predicted octanol–water partition coefficient (Wildman–Crippen LogP) is 2.75. The van der Waals surface area contributed by atoms with Crippen molar-refractivity contribution < 1.29 is 19.3 Å². The van der Waals surface area contributed by atoms with Crippen LogP contribution in [0.3, 0.4) is 0 Å². The molecule has 2 aromatic heterocycles. The maximum atomic E-state index is 12.4. The average Bonchev–Trinajstić information content (AvgIpc) is 3.30. The molecule has 1 atom stereocenters. The van der Waals surface area contributed by atoms with Crippen molar-refractivity contribution in [2.45, 2.75) is 18.8 Å². The van der Waals surface area contributed by atoms with Gasteiger partial charge in [-0.1, -0.05) is 42.5 Å². The highest BCUT2D eigenvalue weighted by Gasteiger charge is 2.26. The Morgan fingerprint density at radius 2 is 1.94 bits per heavy atom. The highest BCUT2D eigenvalue weighted by atomic mass is 16.4. The first kappa shape index (κ1) is 24.7. The summed E-state index contributed by atoms with van der Waals surface area (Å²) in [5.74, 6) is -0.558. The van der Waals surface area contributed by atoms with Gasteiger partial charge in [0.25, 0.3) is 0 Å². The van der Waals surface area contributed by atoms with Crippen LogP contribution in [0.4, 0.5) is 4.79 Å². The predicted molar refractivity (Wildman–Crippen MR) is 136 cm³/mol. The van der Waals surface area contributed by atoms with Gasteiger partial charge in [-0.2, -0.15) is 5.26 Å². The SMILES string of the molecule is N#CC(=Cc1cccc(CCNC(=O)NC(Cc2coc3ccccc23)B(O)O)c1)c1ncccn1. The average molecular weight is 481 g/mol. The fourth-order valence-electron chi connectivity index (χ4n) is 3.79. The molecule has 2 aromatic carbocycles. The number of furan rings is 1. The van der Waals surface area contributed by atoms with Crippen LogP contribution in [0.1, 0.15) is 22.5 Å². The number of para-hydroxylation sites is 1. The molecule has 0 spiro atoms. The van der Waals surface area contributed by atoms with Crippen LogP contribution in [0.2, 0.25) is 0 Å². The molecular weight excluding hydrogens is 457 g/mol. The maximum Gasteiger partial charge on any atom is 0.475 e. The van der Waals surface area contributed by atoms with E-state index in [9.17, 15) is 20.1 Å². The number of nitrogens with zero attached hydrogens (tertiary/aromatic N) is 3. The smallest absolute Gasteiger partial charge is 0.464 e. The molecule has 0 aliphatic carbocycles. The molecule has 36 heavy (non-hydrogen) atoms. The van der Waals surface area contributed by atoms with Gasteiger partial charge in [-0.15, -0.1) is 0 Å². The number of benzene rings is 2. The number of nitrogens with one attached hydrogen (secondary N) is 2. The zero-order chi connectivity index (χ0) is 25.3. The number of aromatic nitrogens is 2. The van der Waals surface area contributed by atoms with Crippen molar-refractivity contribution in [2.75, 3.05) is 6.54 Å². The molecule has 4 N–H and O–H groups in total. The van der Waals surface area contributed by atoms with Crippen LogP contribution < -0.4 is 10.6 Å². The topological polar surface area (TPSA) is 144 Å². The lowest BCUT2D eigenvalue weighted by molar-refractivity contribution is 0.237. The van der Waals surface area contributed by atoms with Crippen molar-refractivity contribution in [3.63, 3.8) is 0 Å². The summed E-state index contributed by atoms with van der Waals surface area (Å²) in [7, 11) is -1.74. The van der Waals surface area contributed by atoms with Gasteiger partial charge in [-0.05, 0) is 47.7 Å². The van der Waals surface area contributed by atoms with Crippen molar-refractivity contribution in [2.24, 2.45) is 0 Å². The third-order valence-electron chi connectivity index (χ3n) is 5.57. The Balaban J connectivity index is 1.33. The number of urea groups is 1. The van der Waals surface area contributed by atoms with E-state index in [4.69, 9.17) is 4.42 Å². The number of allylic oxidation sites excluding steroid dienone is 1. The Hall–Kier alpha value is -4.46. The third kappa shape index (κ3) is 6.36. The van der Waals surface area contributed by atoms with Gasteiger partial charge < -0.3 is 25.1 Å². The lowest BCUT2D eigenvalue weighted by Crippen LogP contribution is -2.51. The van der Waals surface area contributed by atoms with Gasteiger partial charge in [0, 0.05) is 24.3 Å². The van der Waals surface area contributed by atoms with Gasteiger partial charge in [-0.3, -0.25) is 0 Å². The second-order valence-electron chi connectivity index (χ2n) is 8.12. The van der Waals surface area contributed by atoms with Gasteiger partial charge >= 0.3 is 13.1 Å². The van der Waals surface area contributed by atoms with E-state index in [0.717, 1.165) is 22.1 Å². The summed E-state index contributed by atoms with van der Waals surface area (Å²) >= 11 is 0. The van der Waals surface area contributed by atoms with Gasteiger partial charge in [0.2, 0.25) is 0 Å². The van der Waals surface area contributed by atoms with Crippen molar-refractivity contribution in [3.8, 4) is 6.07 Å². The summed E-state index contributed by atoms with van der Waals surface area (Å²) in [6, 6.07) is 18.3. The largest absolute Gasteiger partial charge is 0.475 e. The van der Waals surface area contributed by atoms with Crippen LogP contribution in [0.15, 0.2) is 77.7 Å². The van der Waals surface area contributed by atoms with Crippen LogP contribution in [0, 0.1) is 11.3 Å². The first-order valence-electron chi connectivity index (χ1n) is 11.4. The lowest BCUT2D eigenvalue weighted by Gasteiger charge is -2.18. The van der Waals surface area contributed by atoms with E-state index in [-0.39, 0.29) is 6.42 Å². The minimum atomic E-state index is -1.74. The van der Waals surface area contributed by atoms with Gasteiger partial charge in [0.15, 0.2) is 5.82 Å². The van der Waals surface area contributed by atoms with E-state index in [2.05, 4.69) is 26.7 Å². The van der Waals surface area contributed by atoms with E-state index in [0.29, 0.717) is 29.9 Å². The Bertz CT molecular complexity index is 1400. The number of carbonyl (C=O) groups is 1. The summed E-state index contributed by atoms with van der Waals surface area (Å²) in [6.45, 7) is 0.328. The second kappa shape index (κ2) is 11.8. The molecule has 0 saturated heterocycles. The molecule has 4 aromatic rings. The number of fused-ring (bicyclic) bond motifs is 1. The van der Waals surface area contributed by atoms with Crippen molar-refractivity contribution >= 4 is 35.8 Å². The summed E-state index contributed by atoms with van der Waals surface area (Å²) < 4.78 is 5.49. The summed E-state index contributed by atoms with van der Waals surface area (Å²) in [5, 5.41) is 35.3. The van der Waals surface area contributed by atoms with Crippen molar-refractivity contribution in [1.82, 2.24) is 20.6 Å². The van der Waals surface area contributed by atoms with E-state index in [1.807, 2.05) is 48.5 Å². The Morgan fingerprint density at radius 1 is 1.14 bits per heavy atom. The van der Waals surface area contributed by atoms with E-state index >= 15 is 0 Å². The minimum Gasteiger partial charge on any atom is -0.464 e. The molecule has 2 heterocycles. The number of nitriles is 1. The molecule has 0 bridgehead atoms. The van der Waals surface area contributed by atoms with Crippen LogP contribution >= 0.6 is 0 Å². The number of hydrogen-bond acceptors (Lipinski definition) is 7. The zero-order valence-electron chi connectivity index (χ0n) is 19.3. The van der Waals surface area contributed by atoms with Gasteiger partial charge in [-0.25, -0.2) is 14.8 Å². The minimum absolute atomic E-state index is 0.197. The highest BCUT2D eigenvalue weighted by Crippen LogP contribution is 2.22. The van der Waals surface area contributed by atoms with E-state index in [1.54, 1.807) is 30.8 Å². The Kier molecular flexibility index (Phi) is 8.08. The Morgan fingerprint density at radius 3 is 2.72 bits per heavy atom. The third-order valence-corrected chi connectivity index (χ3v) is 5.57. The molecule has 0 radical (unpaired) electrons. The number of hydrogen-bond donors (Lipinski definition) is 4. The standard InChI is InChI=1S/C26H24BN5O4/c28-16-20(25-29-10-4-11-30-25)14-19-6-3-5-18(13-19)9-12-31-26(33)32-24(27(34)35)15-21-17-36-23-8-2-1-7-22(21)23/h1-8,10-11,13-14,17,24,34-35H,9,12,15H2,(H2,31,32,33). The number of carbonyl (C=O) groups excluding carboxylic acids is 1.